The zero-order valence-electron chi connectivity index (χ0n) is 13.9. The molecule has 0 saturated carbocycles. The second-order valence-corrected chi connectivity index (χ2v) is 6.29. The van der Waals surface area contributed by atoms with Crippen LogP contribution in [0.15, 0.2) is 58.2 Å². The summed E-state index contributed by atoms with van der Waals surface area (Å²) in [6.07, 6.45) is 0. The lowest BCUT2D eigenvalue weighted by Crippen LogP contribution is -2.15. The van der Waals surface area contributed by atoms with Crippen LogP contribution in [0.3, 0.4) is 0 Å². The molecule has 6 nitrogen and oxygen atoms in total. The van der Waals surface area contributed by atoms with E-state index in [4.69, 9.17) is 9.15 Å². The summed E-state index contributed by atoms with van der Waals surface area (Å²) in [5.41, 5.74) is 1.22. The average Bonchev–Trinajstić information content (AvgIpc) is 3.10. The Balaban J connectivity index is 1.48. The topological polar surface area (TPSA) is 77.2 Å². The third-order valence-electron chi connectivity index (χ3n) is 3.35. The molecule has 0 atom stereocenters. The third kappa shape index (κ3) is 5.06. The highest BCUT2D eigenvalue weighted by Crippen LogP contribution is 2.20. The number of halogens is 1. The molecule has 3 aromatic rings. The second kappa shape index (κ2) is 8.48. The summed E-state index contributed by atoms with van der Waals surface area (Å²) in [5.74, 6) is 0.391. The molecule has 134 valence electrons. The minimum absolute atomic E-state index is 0.0666. The lowest BCUT2D eigenvalue weighted by Gasteiger charge is -2.07. The first-order valence-electron chi connectivity index (χ1n) is 7.79. The number of carbonyl (C=O) groups excluding carboxylic acids is 1. The Morgan fingerprint density at radius 3 is 2.85 bits per heavy atom. The number of hydrogen-bond donors (Lipinski definition) is 1. The molecule has 0 unspecified atom stereocenters. The molecule has 0 aliphatic carbocycles. The van der Waals surface area contributed by atoms with Crippen molar-refractivity contribution in [1.82, 2.24) is 10.2 Å². The Bertz CT molecular complexity index is 886. The van der Waals surface area contributed by atoms with Crippen molar-refractivity contribution in [3.8, 4) is 5.75 Å². The maximum absolute atomic E-state index is 13.2. The van der Waals surface area contributed by atoms with Gasteiger partial charge in [0.15, 0.2) is 6.61 Å². The zero-order valence-corrected chi connectivity index (χ0v) is 14.8. The molecule has 26 heavy (non-hydrogen) atoms. The molecule has 1 aromatic heterocycles. The van der Waals surface area contributed by atoms with Crippen molar-refractivity contribution in [1.29, 1.82) is 0 Å². The first-order valence-corrected chi connectivity index (χ1v) is 8.78. The summed E-state index contributed by atoms with van der Waals surface area (Å²) < 4.78 is 24.2. The van der Waals surface area contributed by atoms with Crippen molar-refractivity contribution >= 4 is 23.4 Å². The Kier molecular flexibility index (Phi) is 5.85. The number of benzene rings is 2. The SMILES string of the molecule is Cc1ccc(F)cc1NC(=O)CSc1nnc(COc2ccccc2)o1. The van der Waals surface area contributed by atoms with E-state index >= 15 is 0 Å². The molecule has 1 N–H and O–H groups in total. The monoisotopic (exact) mass is 373 g/mol. The smallest absolute Gasteiger partial charge is 0.277 e. The number of para-hydroxylation sites is 1. The van der Waals surface area contributed by atoms with Gasteiger partial charge in [0, 0.05) is 5.69 Å². The summed E-state index contributed by atoms with van der Waals surface area (Å²) in [6.45, 7) is 1.94. The summed E-state index contributed by atoms with van der Waals surface area (Å²) in [5, 5.41) is 10.7. The fourth-order valence-electron chi connectivity index (χ4n) is 2.06. The van der Waals surface area contributed by atoms with Crippen LogP contribution in [0.4, 0.5) is 10.1 Å². The van der Waals surface area contributed by atoms with Gasteiger partial charge in [0.1, 0.15) is 11.6 Å². The van der Waals surface area contributed by atoms with Crippen LogP contribution >= 0.6 is 11.8 Å². The number of aromatic nitrogens is 2. The molecule has 0 fully saturated rings. The summed E-state index contributed by atoms with van der Waals surface area (Å²) in [7, 11) is 0. The van der Waals surface area contributed by atoms with E-state index in [1.54, 1.807) is 13.0 Å². The van der Waals surface area contributed by atoms with Crippen LogP contribution in [0, 0.1) is 12.7 Å². The Morgan fingerprint density at radius 1 is 1.23 bits per heavy atom. The predicted octanol–water partition coefficient (Wildman–Crippen LogP) is 3.83. The quantitative estimate of drug-likeness (QED) is 0.634. The number of nitrogens with one attached hydrogen (secondary N) is 1. The standard InChI is InChI=1S/C18H16FN3O3S/c1-12-7-8-13(19)9-15(12)20-16(23)11-26-18-22-21-17(25-18)10-24-14-5-3-2-4-6-14/h2-9H,10-11H2,1H3,(H,20,23). The highest BCUT2D eigenvalue weighted by Gasteiger charge is 2.11. The number of thioether (sulfide) groups is 1. The number of carbonyl (C=O) groups is 1. The van der Waals surface area contributed by atoms with E-state index in [2.05, 4.69) is 15.5 Å². The van der Waals surface area contributed by atoms with E-state index in [0.29, 0.717) is 17.3 Å². The molecular formula is C18H16FN3O3S. The van der Waals surface area contributed by atoms with Gasteiger partial charge in [-0.05, 0) is 36.8 Å². The lowest BCUT2D eigenvalue weighted by atomic mass is 10.2. The van der Waals surface area contributed by atoms with E-state index in [9.17, 15) is 9.18 Å². The average molecular weight is 373 g/mol. The molecule has 1 amide bonds. The minimum atomic E-state index is -0.404. The van der Waals surface area contributed by atoms with Gasteiger partial charge in [0.2, 0.25) is 5.91 Å². The number of rotatable bonds is 7. The van der Waals surface area contributed by atoms with E-state index in [-0.39, 0.29) is 23.5 Å². The van der Waals surface area contributed by atoms with Gasteiger partial charge in [-0.2, -0.15) is 0 Å². The van der Waals surface area contributed by atoms with E-state index < -0.39 is 5.82 Å². The highest BCUT2D eigenvalue weighted by molar-refractivity contribution is 7.99. The van der Waals surface area contributed by atoms with Crippen molar-refractivity contribution < 1.29 is 18.3 Å². The van der Waals surface area contributed by atoms with E-state index in [1.165, 1.54) is 12.1 Å². The van der Waals surface area contributed by atoms with Gasteiger partial charge in [0.05, 0.1) is 5.75 Å². The minimum Gasteiger partial charge on any atom is -0.484 e. The number of hydrogen-bond acceptors (Lipinski definition) is 6. The van der Waals surface area contributed by atoms with Crippen molar-refractivity contribution in [2.24, 2.45) is 0 Å². The molecule has 0 spiro atoms. The highest BCUT2D eigenvalue weighted by atomic mass is 32.2. The van der Waals surface area contributed by atoms with Gasteiger partial charge in [-0.25, -0.2) is 4.39 Å². The van der Waals surface area contributed by atoms with Crippen LogP contribution in [-0.2, 0) is 11.4 Å². The Hall–Kier alpha value is -2.87. The van der Waals surface area contributed by atoms with Crippen LogP contribution in [0.25, 0.3) is 0 Å². The van der Waals surface area contributed by atoms with Crippen LogP contribution in [0.1, 0.15) is 11.5 Å². The fourth-order valence-corrected chi connectivity index (χ4v) is 2.64. The van der Waals surface area contributed by atoms with Crippen molar-refractivity contribution in [3.63, 3.8) is 0 Å². The van der Waals surface area contributed by atoms with Crippen molar-refractivity contribution in [2.45, 2.75) is 18.8 Å². The van der Waals surface area contributed by atoms with Gasteiger partial charge in [-0.3, -0.25) is 4.79 Å². The van der Waals surface area contributed by atoms with Gasteiger partial charge < -0.3 is 14.5 Å². The molecule has 0 aliphatic rings. The van der Waals surface area contributed by atoms with E-state index in [1.807, 2.05) is 30.3 Å². The number of amides is 1. The van der Waals surface area contributed by atoms with Gasteiger partial charge in [-0.15, -0.1) is 10.2 Å². The van der Waals surface area contributed by atoms with Gasteiger partial charge in [0.25, 0.3) is 11.1 Å². The zero-order chi connectivity index (χ0) is 18.4. The van der Waals surface area contributed by atoms with Gasteiger partial charge in [-0.1, -0.05) is 36.0 Å². The van der Waals surface area contributed by atoms with Gasteiger partial charge >= 0.3 is 0 Å². The van der Waals surface area contributed by atoms with Crippen molar-refractivity contribution in [3.05, 3.63) is 65.8 Å². The fraction of sp³-hybridized carbons (Fsp3) is 0.167. The van der Waals surface area contributed by atoms with Crippen molar-refractivity contribution in [2.75, 3.05) is 11.1 Å². The number of nitrogens with zero attached hydrogens (tertiary/aromatic N) is 2. The van der Waals surface area contributed by atoms with Crippen LogP contribution in [0.5, 0.6) is 5.75 Å². The molecule has 8 heteroatoms. The molecule has 3 rings (SSSR count). The Morgan fingerprint density at radius 2 is 2.04 bits per heavy atom. The molecule has 2 aromatic carbocycles. The summed E-state index contributed by atoms with van der Waals surface area (Å²) in [6, 6.07) is 13.5. The van der Waals surface area contributed by atoms with Crippen LogP contribution in [0.2, 0.25) is 0 Å². The van der Waals surface area contributed by atoms with Crippen LogP contribution < -0.4 is 10.1 Å². The number of aryl methyl sites for hydroxylation is 1. The predicted molar refractivity (Wildman–Crippen MR) is 95.6 cm³/mol. The third-order valence-corrected chi connectivity index (χ3v) is 4.17. The summed E-state index contributed by atoms with van der Waals surface area (Å²) >= 11 is 1.10. The Labute approximate surface area is 153 Å². The maximum Gasteiger partial charge on any atom is 0.277 e. The first kappa shape index (κ1) is 17.9. The number of ether oxygens (including phenoxy) is 1. The normalized spacial score (nSPS) is 10.5. The molecular weight excluding hydrogens is 357 g/mol. The largest absolute Gasteiger partial charge is 0.484 e. The lowest BCUT2D eigenvalue weighted by molar-refractivity contribution is -0.113. The molecule has 0 radical (unpaired) electrons. The summed E-state index contributed by atoms with van der Waals surface area (Å²) in [4.78, 5) is 12.0. The van der Waals surface area contributed by atoms with E-state index in [0.717, 1.165) is 17.3 Å². The number of anilines is 1. The second-order valence-electron chi connectivity index (χ2n) is 5.36. The van der Waals surface area contributed by atoms with Crippen LogP contribution in [-0.4, -0.2) is 21.9 Å². The molecule has 0 aliphatic heterocycles. The first-order chi connectivity index (χ1) is 12.6. The molecule has 1 heterocycles. The molecule has 0 bridgehead atoms. The molecule has 0 saturated heterocycles. The maximum atomic E-state index is 13.2.